The number of hydrogen-bond donors (Lipinski definition) is 1. The molecular formula is C18H16ClN3O2S. The fourth-order valence-corrected chi connectivity index (χ4v) is 3.45. The lowest BCUT2D eigenvalue weighted by Gasteiger charge is -2.06. The van der Waals surface area contributed by atoms with Crippen LogP contribution < -0.4 is 10.1 Å². The summed E-state index contributed by atoms with van der Waals surface area (Å²) in [4.78, 5) is 12.1. The van der Waals surface area contributed by atoms with Crippen LogP contribution in [-0.4, -0.2) is 29.6 Å². The van der Waals surface area contributed by atoms with Gasteiger partial charge in [-0.25, -0.2) is 0 Å². The maximum absolute atomic E-state index is 12.1. The second-order valence-electron chi connectivity index (χ2n) is 5.31. The van der Waals surface area contributed by atoms with E-state index in [2.05, 4.69) is 15.5 Å². The molecule has 1 N–H and O–H groups in total. The van der Waals surface area contributed by atoms with Crippen molar-refractivity contribution in [3.63, 3.8) is 0 Å². The van der Waals surface area contributed by atoms with Crippen molar-refractivity contribution in [3.8, 4) is 5.75 Å². The third kappa shape index (κ3) is 4.61. The molecule has 3 rings (SSSR count). The fraction of sp³-hybridized carbons (Fsp3) is 0.167. The second-order valence-corrected chi connectivity index (χ2v) is 6.91. The van der Waals surface area contributed by atoms with E-state index in [0.717, 1.165) is 16.9 Å². The summed E-state index contributed by atoms with van der Waals surface area (Å²) in [5.41, 5.74) is 1.84. The Labute approximate surface area is 155 Å². The number of nitrogens with one attached hydrogen (secondary N) is 1. The van der Waals surface area contributed by atoms with Gasteiger partial charge in [-0.1, -0.05) is 41.6 Å². The summed E-state index contributed by atoms with van der Waals surface area (Å²) in [5, 5.41) is 11.8. The minimum atomic E-state index is -0.255. The highest BCUT2D eigenvalue weighted by Crippen LogP contribution is 2.26. The predicted molar refractivity (Wildman–Crippen MR) is 103 cm³/mol. The highest BCUT2D eigenvalue weighted by molar-refractivity contribution is 8.15. The first kappa shape index (κ1) is 17.5. The summed E-state index contributed by atoms with van der Waals surface area (Å²) in [7, 11) is 1.62. The van der Waals surface area contributed by atoms with Crippen molar-refractivity contribution in [2.45, 2.75) is 11.7 Å². The Morgan fingerprint density at radius 3 is 2.72 bits per heavy atom. The maximum Gasteiger partial charge on any atom is 0.239 e. The van der Waals surface area contributed by atoms with E-state index in [0.29, 0.717) is 16.6 Å². The Kier molecular flexibility index (Phi) is 5.73. The molecule has 128 valence electrons. The van der Waals surface area contributed by atoms with E-state index in [1.165, 1.54) is 11.8 Å². The molecule has 1 aliphatic rings. The Hall–Kier alpha value is -2.31. The van der Waals surface area contributed by atoms with Gasteiger partial charge in [-0.05, 0) is 47.9 Å². The number of carbonyl (C=O) groups is 1. The molecule has 0 aromatic heterocycles. The number of halogens is 1. The van der Waals surface area contributed by atoms with Gasteiger partial charge in [-0.15, -0.1) is 5.10 Å². The Morgan fingerprint density at radius 1 is 1.24 bits per heavy atom. The quantitative estimate of drug-likeness (QED) is 0.644. The number of benzene rings is 2. The average molecular weight is 374 g/mol. The van der Waals surface area contributed by atoms with Crippen molar-refractivity contribution >= 4 is 40.7 Å². The number of ether oxygens (including phenoxy) is 1. The van der Waals surface area contributed by atoms with E-state index >= 15 is 0 Å². The maximum atomic E-state index is 12.1. The van der Waals surface area contributed by atoms with Crippen LogP contribution >= 0.6 is 23.4 Å². The van der Waals surface area contributed by atoms with Crippen LogP contribution in [0.1, 0.15) is 11.1 Å². The number of hydrogen-bond acceptors (Lipinski definition) is 5. The van der Waals surface area contributed by atoms with Crippen molar-refractivity contribution in [1.29, 1.82) is 0 Å². The van der Waals surface area contributed by atoms with Gasteiger partial charge in [0.15, 0.2) is 5.17 Å². The molecule has 1 saturated heterocycles. The van der Waals surface area contributed by atoms with Crippen LogP contribution in [0.15, 0.2) is 58.7 Å². The molecule has 1 aliphatic heterocycles. The normalized spacial score (nSPS) is 18.7. The van der Waals surface area contributed by atoms with Crippen LogP contribution in [0.4, 0.5) is 0 Å². The zero-order valence-corrected chi connectivity index (χ0v) is 15.1. The predicted octanol–water partition coefficient (Wildman–Crippen LogP) is 3.51. The first-order valence-corrected chi connectivity index (χ1v) is 8.87. The topological polar surface area (TPSA) is 63.1 Å². The van der Waals surface area contributed by atoms with Gasteiger partial charge in [-0.2, -0.15) is 5.10 Å². The van der Waals surface area contributed by atoms with Gasteiger partial charge >= 0.3 is 0 Å². The fourth-order valence-electron chi connectivity index (χ4n) is 2.29. The lowest BCUT2D eigenvalue weighted by molar-refractivity contribution is -0.118. The molecule has 5 nitrogen and oxygen atoms in total. The van der Waals surface area contributed by atoms with Crippen molar-refractivity contribution in [3.05, 3.63) is 64.7 Å². The van der Waals surface area contributed by atoms with Crippen molar-refractivity contribution in [2.24, 2.45) is 10.2 Å². The van der Waals surface area contributed by atoms with Crippen LogP contribution in [0, 0.1) is 0 Å². The molecule has 0 spiro atoms. The summed E-state index contributed by atoms with van der Waals surface area (Å²) in [6.07, 6.45) is 2.18. The lowest BCUT2D eigenvalue weighted by Crippen LogP contribution is -2.26. The van der Waals surface area contributed by atoms with Crippen molar-refractivity contribution in [1.82, 2.24) is 5.32 Å². The molecule has 0 bridgehead atoms. The van der Waals surface area contributed by atoms with Gasteiger partial charge < -0.3 is 10.1 Å². The number of amidine groups is 1. The number of rotatable bonds is 5. The molecule has 1 amide bonds. The number of amides is 1. The van der Waals surface area contributed by atoms with Gasteiger partial charge in [0.1, 0.15) is 5.75 Å². The van der Waals surface area contributed by atoms with Crippen LogP contribution in [0.5, 0.6) is 5.75 Å². The smallest absolute Gasteiger partial charge is 0.239 e. The molecule has 1 atom stereocenters. The van der Waals surface area contributed by atoms with Crippen LogP contribution in [0.2, 0.25) is 5.02 Å². The summed E-state index contributed by atoms with van der Waals surface area (Å²) >= 11 is 7.52. The Balaban J connectivity index is 1.62. The second kappa shape index (κ2) is 8.18. The van der Waals surface area contributed by atoms with Crippen LogP contribution in [0.3, 0.4) is 0 Å². The summed E-state index contributed by atoms with van der Waals surface area (Å²) in [5.74, 6) is 0.702. The highest BCUT2D eigenvalue weighted by Gasteiger charge is 2.30. The SMILES string of the molecule is COc1ccc(/C=N\N=C2/NC(=O)[C@H](Cc3ccccc3Cl)S2)cc1. The minimum Gasteiger partial charge on any atom is -0.497 e. The number of nitrogens with zero attached hydrogens (tertiary/aromatic N) is 2. The van der Waals surface area contributed by atoms with E-state index < -0.39 is 0 Å². The Bertz CT molecular complexity index is 821. The van der Waals surface area contributed by atoms with E-state index in [4.69, 9.17) is 16.3 Å². The first-order valence-electron chi connectivity index (χ1n) is 7.61. The number of thioether (sulfide) groups is 1. The van der Waals surface area contributed by atoms with Crippen molar-refractivity contribution in [2.75, 3.05) is 7.11 Å². The number of methoxy groups -OCH3 is 1. The lowest BCUT2D eigenvalue weighted by atomic mass is 10.1. The molecule has 0 aliphatic carbocycles. The van der Waals surface area contributed by atoms with Crippen LogP contribution in [-0.2, 0) is 11.2 Å². The third-order valence-corrected chi connectivity index (χ3v) is 5.05. The van der Waals surface area contributed by atoms with Gasteiger partial charge in [0.25, 0.3) is 0 Å². The largest absolute Gasteiger partial charge is 0.497 e. The van der Waals surface area contributed by atoms with E-state index in [9.17, 15) is 4.79 Å². The zero-order valence-electron chi connectivity index (χ0n) is 13.5. The molecule has 0 radical (unpaired) electrons. The minimum absolute atomic E-state index is 0.0803. The Morgan fingerprint density at radius 2 is 2.00 bits per heavy atom. The van der Waals surface area contributed by atoms with Gasteiger partial charge in [-0.3, -0.25) is 4.79 Å². The standard InChI is InChI=1S/C18H16ClN3O2S/c1-24-14-8-6-12(7-9-14)11-20-22-18-21-17(23)16(25-18)10-13-4-2-3-5-15(13)19/h2-9,11,16H,10H2,1H3,(H,21,22,23)/b20-11-/t16-/m0/s1. The van der Waals surface area contributed by atoms with E-state index in [1.807, 2.05) is 48.5 Å². The molecule has 0 unspecified atom stereocenters. The van der Waals surface area contributed by atoms with E-state index in [1.54, 1.807) is 13.3 Å². The third-order valence-electron chi connectivity index (χ3n) is 3.61. The van der Waals surface area contributed by atoms with Gasteiger partial charge in [0, 0.05) is 5.02 Å². The zero-order chi connectivity index (χ0) is 17.6. The summed E-state index contributed by atoms with van der Waals surface area (Å²) < 4.78 is 5.10. The molecule has 7 heteroatoms. The van der Waals surface area contributed by atoms with Gasteiger partial charge in [0.05, 0.1) is 18.6 Å². The highest BCUT2D eigenvalue weighted by atomic mass is 35.5. The van der Waals surface area contributed by atoms with Crippen LogP contribution in [0.25, 0.3) is 0 Å². The summed E-state index contributed by atoms with van der Waals surface area (Å²) in [6, 6.07) is 15.0. The molecular weight excluding hydrogens is 358 g/mol. The van der Waals surface area contributed by atoms with Crippen molar-refractivity contribution < 1.29 is 9.53 Å². The van der Waals surface area contributed by atoms with Gasteiger partial charge in [0.2, 0.25) is 5.91 Å². The molecule has 1 heterocycles. The average Bonchev–Trinajstić information content (AvgIpc) is 2.97. The molecule has 0 saturated carbocycles. The monoisotopic (exact) mass is 373 g/mol. The molecule has 25 heavy (non-hydrogen) atoms. The molecule has 2 aromatic carbocycles. The molecule has 1 fully saturated rings. The molecule has 2 aromatic rings. The first-order chi connectivity index (χ1) is 12.2. The summed E-state index contributed by atoms with van der Waals surface area (Å²) in [6.45, 7) is 0. The van der Waals surface area contributed by atoms with E-state index in [-0.39, 0.29) is 11.2 Å². The number of carbonyl (C=O) groups excluding carboxylic acids is 1.